The van der Waals surface area contributed by atoms with Crippen molar-refractivity contribution < 1.29 is 14.3 Å². The molecule has 7 heteroatoms. The highest BCUT2D eigenvalue weighted by atomic mass is 35.5. The molecule has 0 saturated carbocycles. The summed E-state index contributed by atoms with van der Waals surface area (Å²) >= 11 is 5.81. The van der Waals surface area contributed by atoms with E-state index in [4.69, 9.17) is 16.3 Å². The van der Waals surface area contributed by atoms with E-state index in [-0.39, 0.29) is 24.3 Å². The molecule has 1 fully saturated rings. The van der Waals surface area contributed by atoms with Crippen LogP contribution in [0, 0.1) is 0 Å². The summed E-state index contributed by atoms with van der Waals surface area (Å²) in [6, 6.07) is 6.96. The molecular formula is C16H22Cl2N2O3. The fourth-order valence-electron chi connectivity index (χ4n) is 2.41. The van der Waals surface area contributed by atoms with Crippen molar-refractivity contribution in [3.8, 4) is 0 Å². The summed E-state index contributed by atoms with van der Waals surface area (Å²) in [5.41, 5.74) is 0.689. The minimum atomic E-state index is -0.251. The van der Waals surface area contributed by atoms with Gasteiger partial charge in [-0.05, 0) is 31.2 Å². The van der Waals surface area contributed by atoms with E-state index in [2.05, 4.69) is 4.90 Å². The first-order chi connectivity index (χ1) is 10.6. The van der Waals surface area contributed by atoms with Gasteiger partial charge in [0, 0.05) is 49.7 Å². The Morgan fingerprint density at radius 1 is 1.13 bits per heavy atom. The van der Waals surface area contributed by atoms with Crippen molar-refractivity contribution in [3.05, 3.63) is 34.9 Å². The molecule has 23 heavy (non-hydrogen) atoms. The lowest BCUT2D eigenvalue weighted by molar-refractivity contribution is 0.0764. The van der Waals surface area contributed by atoms with Crippen LogP contribution in [0.25, 0.3) is 0 Å². The number of halogens is 2. The van der Waals surface area contributed by atoms with Crippen LogP contribution in [0.15, 0.2) is 24.3 Å². The minimum Gasteiger partial charge on any atom is -0.450 e. The van der Waals surface area contributed by atoms with Gasteiger partial charge in [0.15, 0.2) is 5.78 Å². The molecule has 1 amide bonds. The van der Waals surface area contributed by atoms with Gasteiger partial charge in [0.2, 0.25) is 0 Å². The summed E-state index contributed by atoms with van der Waals surface area (Å²) in [5, 5.41) is 0.631. The molecule has 0 atom stereocenters. The summed E-state index contributed by atoms with van der Waals surface area (Å²) in [5.74, 6) is 0.115. The predicted molar refractivity (Wildman–Crippen MR) is 92.7 cm³/mol. The fourth-order valence-corrected chi connectivity index (χ4v) is 2.53. The molecule has 1 aliphatic rings. The van der Waals surface area contributed by atoms with Crippen molar-refractivity contribution in [2.45, 2.75) is 13.3 Å². The summed E-state index contributed by atoms with van der Waals surface area (Å²) in [6.07, 6.45) is 0.223. The highest BCUT2D eigenvalue weighted by Gasteiger charge is 2.22. The number of nitrogens with zero attached hydrogens (tertiary/aromatic N) is 2. The molecule has 0 aromatic heterocycles. The fraction of sp³-hybridized carbons (Fsp3) is 0.500. The van der Waals surface area contributed by atoms with Gasteiger partial charge >= 0.3 is 6.09 Å². The van der Waals surface area contributed by atoms with Gasteiger partial charge in [-0.1, -0.05) is 11.6 Å². The van der Waals surface area contributed by atoms with Crippen molar-refractivity contribution in [2.75, 3.05) is 39.3 Å². The second-order valence-corrected chi connectivity index (χ2v) is 5.64. The Kier molecular flexibility index (Phi) is 8.37. The average molecular weight is 361 g/mol. The molecule has 1 heterocycles. The molecule has 1 aromatic rings. The SMILES string of the molecule is CCOC(=O)N1CCN(CCC(=O)c2ccc(Cl)cc2)CC1.Cl. The van der Waals surface area contributed by atoms with Crippen LogP contribution < -0.4 is 0 Å². The number of hydrogen-bond donors (Lipinski definition) is 0. The number of Topliss-reactive ketones (excluding diaryl/α,β-unsaturated/α-hetero) is 1. The zero-order chi connectivity index (χ0) is 15.9. The third-order valence-corrected chi connectivity index (χ3v) is 3.97. The van der Waals surface area contributed by atoms with E-state index in [0.29, 0.717) is 43.2 Å². The molecule has 0 radical (unpaired) electrons. The van der Waals surface area contributed by atoms with E-state index in [1.54, 1.807) is 36.1 Å². The molecule has 2 rings (SSSR count). The molecule has 1 aliphatic heterocycles. The van der Waals surface area contributed by atoms with Crippen LogP contribution in [-0.4, -0.2) is 61.0 Å². The highest BCUT2D eigenvalue weighted by Crippen LogP contribution is 2.12. The van der Waals surface area contributed by atoms with E-state index in [0.717, 1.165) is 13.1 Å². The van der Waals surface area contributed by atoms with Gasteiger partial charge in [0.25, 0.3) is 0 Å². The zero-order valence-corrected chi connectivity index (χ0v) is 14.7. The molecular weight excluding hydrogens is 339 g/mol. The number of amides is 1. The van der Waals surface area contributed by atoms with Crippen LogP contribution >= 0.6 is 24.0 Å². The Hall–Kier alpha value is -1.30. The maximum Gasteiger partial charge on any atom is 0.409 e. The number of benzene rings is 1. The zero-order valence-electron chi connectivity index (χ0n) is 13.2. The number of ketones is 1. The largest absolute Gasteiger partial charge is 0.450 e. The number of piperazine rings is 1. The smallest absolute Gasteiger partial charge is 0.409 e. The number of carbonyl (C=O) groups is 2. The van der Waals surface area contributed by atoms with Gasteiger partial charge in [-0.2, -0.15) is 0 Å². The lowest BCUT2D eigenvalue weighted by atomic mass is 10.1. The van der Waals surface area contributed by atoms with E-state index < -0.39 is 0 Å². The van der Waals surface area contributed by atoms with Crippen LogP contribution in [0.4, 0.5) is 4.79 Å². The molecule has 0 aliphatic carbocycles. The lowest BCUT2D eigenvalue weighted by Gasteiger charge is -2.33. The van der Waals surface area contributed by atoms with Crippen LogP contribution in [0.3, 0.4) is 0 Å². The number of rotatable bonds is 5. The predicted octanol–water partition coefficient (Wildman–Crippen LogP) is 3.11. The van der Waals surface area contributed by atoms with Gasteiger partial charge < -0.3 is 9.64 Å². The van der Waals surface area contributed by atoms with E-state index in [1.807, 2.05) is 0 Å². The van der Waals surface area contributed by atoms with Crippen molar-refractivity contribution >= 4 is 35.9 Å². The normalized spacial score (nSPS) is 15.0. The first-order valence-corrected chi connectivity index (χ1v) is 7.90. The molecule has 0 bridgehead atoms. The Morgan fingerprint density at radius 2 is 1.74 bits per heavy atom. The second-order valence-electron chi connectivity index (χ2n) is 5.21. The monoisotopic (exact) mass is 360 g/mol. The van der Waals surface area contributed by atoms with Gasteiger partial charge in [0.1, 0.15) is 0 Å². The molecule has 1 saturated heterocycles. The topological polar surface area (TPSA) is 49.9 Å². The van der Waals surface area contributed by atoms with Crippen LogP contribution in [-0.2, 0) is 4.74 Å². The summed E-state index contributed by atoms with van der Waals surface area (Å²) in [7, 11) is 0. The van der Waals surface area contributed by atoms with Crippen LogP contribution in [0.2, 0.25) is 5.02 Å². The number of ether oxygens (including phenoxy) is 1. The van der Waals surface area contributed by atoms with Gasteiger partial charge in [-0.15, -0.1) is 12.4 Å². The third-order valence-electron chi connectivity index (χ3n) is 3.72. The number of hydrogen-bond acceptors (Lipinski definition) is 4. The summed E-state index contributed by atoms with van der Waals surface area (Å²) in [4.78, 5) is 27.6. The van der Waals surface area contributed by atoms with Crippen molar-refractivity contribution in [1.29, 1.82) is 0 Å². The quantitative estimate of drug-likeness (QED) is 0.757. The average Bonchev–Trinajstić information content (AvgIpc) is 2.54. The Morgan fingerprint density at radius 3 is 2.30 bits per heavy atom. The lowest BCUT2D eigenvalue weighted by Crippen LogP contribution is -2.49. The summed E-state index contributed by atoms with van der Waals surface area (Å²) in [6.45, 7) is 5.74. The maximum atomic E-state index is 12.1. The molecule has 0 spiro atoms. The molecule has 128 valence electrons. The van der Waals surface area contributed by atoms with E-state index >= 15 is 0 Å². The van der Waals surface area contributed by atoms with Crippen molar-refractivity contribution in [3.63, 3.8) is 0 Å². The Labute approximate surface area is 147 Å². The van der Waals surface area contributed by atoms with Gasteiger partial charge in [-0.3, -0.25) is 9.69 Å². The first kappa shape index (κ1) is 19.7. The van der Waals surface area contributed by atoms with Gasteiger partial charge in [0.05, 0.1) is 6.61 Å². The van der Waals surface area contributed by atoms with Crippen molar-refractivity contribution in [1.82, 2.24) is 9.80 Å². The number of carbonyl (C=O) groups excluding carboxylic acids is 2. The minimum absolute atomic E-state index is 0. The van der Waals surface area contributed by atoms with E-state index in [1.165, 1.54) is 0 Å². The highest BCUT2D eigenvalue weighted by molar-refractivity contribution is 6.30. The Balaban J connectivity index is 0.00000264. The molecule has 1 aromatic carbocycles. The standard InChI is InChI=1S/C16H21ClN2O3.ClH/c1-2-22-16(21)19-11-9-18(10-12-19)8-7-15(20)13-3-5-14(17)6-4-13;/h3-6H,2,7-12H2,1H3;1H. The molecule has 0 N–H and O–H groups in total. The summed E-state index contributed by atoms with van der Waals surface area (Å²) < 4.78 is 4.99. The first-order valence-electron chi connectivity index (χ1n) is 7.53. The van der Waals surface area contributed by atoms with Crippen LogP contribution in [0.5, 0.6) is 0 Å². The second kappa shape index (κ2) is 9.75. The van der Waals surface area contributed by atoms with Crippen molar-refractivity contribution in [2.24, 2.45) is 0 Å². The van der Waals surface area contributed by atoms with E-state index in [9.17, 15) is 9.59 Å². The van der Waals surface area contributed by atoms with Crippen LogP contribution in [0.1, 0.15) is 23.7 Å². The Bertz CT molecular complexity index is 515. The van der Waals surface area contributed by atoms with Gasteiger partial charge in [-0.25, -0.2) is 4.79 Å². The maximum absolute atomic E-state index is 12.1. The molecule has 0 unspecified atom stereocenters. The third kappa shape index (κ3) is 6.01. The molecule has 5 nitrogen and oxygen atoms in total.